The summed E-state index contributed by atoms with van der Waals surface area (Å²) < 4.78 is 5.94. The van der Waals surface area contributed by atoms with Crippen LogP contribution in [0.4, 0.5) is 0 Å². The summed E-state index contributed by atoms with van der Waals surface area (Å²) in [5.41, 5.74) is 5.51. The van der Waals surface area contributed by atoms with Gasteiger partial charge in [-0.1, -0.05) is 103 Å². The van der Waals surface area contributed by atoms with E-state index < -0.39 is 0 Å². The average molecular weight is 512 g/mol. The van der Waals surface area contributed by atoms with Gasteiger partial charge in [0.2, 0.25) is 11.0 Å². The molecule has 0 N–H and O–H groups in total. The van der Waals surface area contributed by atoms with E-state index in [9.17, 15) is 0 Å². The summed E-state index contributed by atoms with van der Waals surface area (Å²) in [6, 6.07) is 35.6. The van der Waals surface area contributed by atoms with Gasteiger partial charge in [-0.05, 0) is 17.7 Å². The van der Waals surface area contributed by atoms with Crippen LogP contribution in [0, 0.1) is 0 Å². The Morgan fingerprint density at radius 3 is 1.58 bits per heavy atom. The van der Waals surface area contributed by atoms with E-state index in [-0.39, 0.29) is 5.28 Å². The Balaban J connectivity index is 1.36. The zero-order chi connectivity index (χ0) is 25.5. The van der Waals surface area contributed by atoms with Crippen LogP contribution in [0.2, 0.25) is 5.28 Å². The molecular weight excluding hydrogens is 494 g/mol. The molecule has 0 amide bonds. The number of nitrogens with zero attached hydrogens (tertiary/aromatic N) is 5. The van der Waals surface area contributed by atoms with Crippen molar-refractivity contribution in [3.63, 3.8) is 0 Å². The van der Waals surface area contributed by atoms with Crippen LogP contribution < -0.4 is 0 Å². The first-order valence-electron chi connectivity index (χ1n) is 12.1. The highest BCUT2D eigenvalue weighted by molar-refractivity contribution is 6.29. The van der Waals surface area contributed by atoms with Gasteiger partial charge in [-0.15, -0.1) is 0 Å². The summed E-state index contributed by atoms with van der Waals surface area (Å²) in [7, 11) is 0. The standard InChI is InChI=1S/C31H18ClN5O/c32-31-33-26(25-23-13-7-8-14-24(23)38-30(25)37-31)19-15-17-22(18-16-19)29-35-27(20-9-3-1-4-10-20)34-28(36-29)21-11-5-2-6-12-21/h1-18H. The third-order valence-corrected chi connectivity index (χ3v) is 6.50. The highest BCUT2D eigenvalue weighted by Crippen LogP contribution is 2.36. The molecular formula is C31H18ClN5O. The molecule has 0 aliphatic rings. The third kappa shape index (κ3) is 3.97. The molecule has 0 bridgehead atoms. The molecule has 3 heterocycles. The van der Waals surface area contributed by atoms with Gasteiger partial charge in [0, 0.05) is 27.6 Å². The van der Waals surface area contributed by atoms with Crippen molar-refractivity contribution in [1.82, 2.24) is 24.9 Å². The molecule has 0 saturated heterocycles. The topological polar surface area (TPSA) is 77.6 Å². The van der Waals surface area contributed by atoms with Gasteiger partial charge in [0.15, 0.2) is 17.5 Å². The molecule has 7 heteroatoms. The maximum atomic E-state index is 6.27. The van der Waals surface area contributed by atoms with Crippen LogP contribution in [0.5, 0.6) is 0 Å². The maximum Gasteiger partial charge on any atom is 0.232 e. The fourth-order valence-electron chi connectivity index (χ4n) is 4.52. The van der Waals surface area contributed by atoms with Crippen LogP contribution in [0.15, 0.2) is 114 Å². The van der Waals surface area contributed by atoms with E-state index in [0.29, 0.717) is 28.9 Å². The lowest BCUT2D eigenvalue weighted by molar-refractivity contribution is 0.653. The Bertz CT molecular complexity index is 1860. The van der Waals surface area contributed by atoms with E-state index in [1.54, 1.807) is 0 Å². The van der Waals surface area contributed by atoms with Crippen molar-refractivity contribution in [2.24, 2.45) is 0 Å². The van der Waals surface area contributed by atoms with Crippen molar-refractivity contribution in [2.45, 2.75) is 0 Å². The van der Waals surface area contributed by atoms with Crippen LogP contribution in [0.25, 0.3) is 67.5 Å². The number of halogens is 1. The fourth-order valence-corrected chi connectivity index (χ4v) is 4.68. The van der Waals surface area contributed by atoms with Gasteiger partial charge >= 0.3 is 0 Å². The second kappa shape index (κ2) is 9.18. The van der Waals surface area contributed by atoms with Crippen molar-refractivity contribution in [3.05, 3.63) is 114 Å². The number of hydrogen-bond acceptors (Lipinski definition) is 6. The van der Waals surface area contributed by atoms with E-state index in [1.165, 1.54) is 0 Å². The zero-order valence-electron chi connectivity index (χ0n) is 19.9. The lowest BCUT2D eigenvalue weighted by Crippen LogP contribution is -2.00. The van der Waals surface area contributed by atoms with Crippen LogP contribution in [-0.4, -0.2) is 24.9 Å². The number of hydrogen-bond donors (Lipinski definition) is 0. The quantitative estimate of drug-likeness (QED) is 0.224. The average Bonchev–Trinajstić information content (AvgIpc) is 3.36. The van der Waals surface area contributed by atoms with Gasteiger partial charge in [-0.3, -0.25) is 0 Å². The number of furan rings is 1. The van der Waals surface area contributed by atoms with Crippen LogP contribution >= 0.6 is 11.6 Å². The summed E-state index contributed by atoms with van der Waals surface area (Å²) >= 11 is 6.27. The number of benzene rings is 4. The van der Waals surface area contributed by atoms with E-state index in [0.717, 1.165) is 38.6 Å². The molecule has 6 nitrogen and oxygen atoms in total. The molecule has 4 aromatic carbocycles. The van der Waals surface area contributed by atoms with Crippen LogP contribution in [-0.2, 0) is 0 Å². The molecule has 38 heavy (non-hydrogen) atoms. The first-order chi connectivity index (χ1) is 18.7. The predicted octanol–water partition coefficient (Wildman–Crippen LogP) is 7.88. The lowest BCUT2D eigenvalue weighted by atomic mass is 10.0. The molecule has 3 aromatic heterocycles. The Morgan fingerprint density at radius 2 is 0.974 bits per heavy atom. The van der Waals surface area contributed by atoms with Crippen LogP contribution in [0.1, 0.15) is 0 Å². The van der Waals surface area contributed by atoms with Crippen molar-refractivity contribution >= 4 is 33.7 Å². The minimum absolute atomic E-state index is 0.133. The van der Waals surface area contributed by atoms with Crippen LogP contribution in [0.3, 0.4) is 0 Å². The van der Waals surface area contributed by atoms with Crippen molar-refractivity contribution in [3.8, 4) is 45.4 Å². The van der Waals surface area contributed by atoms with Crippen molar-refractivity contribution in [2.75, 3.05) is 0 Å². The summed E-state index contributed by atoms with van der Waals surface area (Å²) in [5.74, 6) is 1.82. The number of fused-ring (bicyclic) bond motifs is 3. The van der Waals surface area contributed by atoms with Gasteiger partial charge in [0.25, 0.3) is 0 Å². The molecule has 0 saturated carbocycles. The second-order valence-corrected chi connectivity index (χ2v) is 9.07. The largest absolute Gasteiger partial charge is 0.438 e. The first-order valence-corrected chi connectivity index (χ1v) is 12.4. The van der Waals surface area contributed by atoms with Gasteiger partial charge in [0.05, 0.1) is 11.1 Å². The monoisotopic (exact) mass is 511 g/mol. The molecule has 0 radical (unpaired) electrons. The summed E-state index contributed by atoms with van der Waals surface area (Å²) in [5, 5.41) is 1.90. The van der Waals surface area contributed by atoms with E-state index in [4.69, 9.17) is 31.0 Å². The number of para-hydroxylation sites is 1. The lowest BCUT2D eigenvalue weighted by Gasteiger charge is -2.09. The van der Waals surface area contributed by atoms with E-state index >= 15 is 0 Å². The number of rotatable bonds is 4. The Labute approximate surface area is 222 Å². The minimum atomic E-state index is 0.133. The molecule has 0 aliphatic heterocycles. The second-order valence-electron chi connectivity index (χ2n) is 8.74. The number of aromatic nitrogens is 5. The highest BCUT2D eigenvalue weighted by atomic mass is 35.5. The van der Waals surface area contributed by atoms with Gasteiger partial charge in [0.1, 0.15) is 5.58 Å². The maximum absolute atomic E-state index is 6.27. The molecule has 7 rings (SSSR count). The minimum Gasteiger partial charge on any atom is -0.438 e. The first kappa shape index (κ1) is 22.3. The predicted molar refractivity (Wildman–Crippen MR) is 149 cm³/mol. The van der Waals surface area contributed by atoms with E-state index in [2.05, 4.69) is 9.97 Å². The zero-order valence-corrected chi connectivity index (χ0v) is 20.7. The van der Waals surface area contributed by atoms with Gasteiger partial charge in [-0.2, -0.15) is 4.98 Å². The smallest absolute Gasteiger partial charge is 0.232 e. The molecule has 0 unspecified atom stereocenters. The Morgan fingerprint density at radius 1 is 0.474 bits per heavy atom. The van der Waals surface area contributed by atoms with Gasteiger partial charge in [-0.25, -0.2) is 19.9 Å². The Hall–Kier alpha value is -4.94. The van der Waals surface area contributed by atoms with Crippen molar-refractivity contribution in [1.29, 1.82) is 0 Å². The highest BCUT2D eigenvalue weighted by Gasteiger charge is 2.17. The normalized spacial score (nSPS) is 11.3. The summed E-state index contributed by atoms with van der Waals surface area (Å²) in [6.45, 7) is 0. The molecule has 0 spiro atoms. The summed E-state index contributed by atoms with van der Waals surface area (Å²) in [6.07, 6.45) is 0. The Kier molecular flexibility index (Phi) is 5.38. The third-order valence-electron chi connectivity index (χ3n) is 6.33. The SMILES string of the molecule is Clc1nc(-c2ccc(-c3nc(-c4ccccc4)nc(-c4ccccc4)n3)cc2)c2c(n1)oc1ccccc12. The van der Waals surface area contributed by atoms with Crippen molar-refractivity contribution < 1.29 is 4.42 Å². The molecule has 0 fully saturated rings. The summed E-state index contributed by atoms with van der Waals surface area (Å²) in [4.78, 5) is 23.3. The fraction of sp³-hybridized carbons (Fsp3) is 0. The molecule has 7 aromatic rings. The van der Waals surface area contributed by atoms with E-state index in [1.807, 2.05) is 109 Å². The molecule has 0 aliphatic carbocycles. The molecule has 180 valence electrons. The van der Waals surface area contributed by atoms with Gasteiger partial charge < -0.3 is 4.42 Å². The molecule has 0 atom stereocenters.